The quantitative estimate of drug-likeness (QED) is 0.840. The second-order valence-corrected chi connectivity index (χ2v) is 5.83. The molecule has 2 aromatic heterocycles. The number of nitrogens with zero attached hydrogens (tertiary/aromatic N) is 4. The number of carboxylic acid groups (broad SMARTS) is 1. The molecule has 2 aromatic rings. The van der Waals surface area contributed by atoms with Gasteiger partial charge in [-0.3, -0.25) is 14.3 Å². The van der Waals surface area contributed by atoms with E-state index in [1.165, 1.54) is 4.68 Å². The van der Waals surface area contributed by atoms with Crippen molar-refractivity contribution in [3.8, 4) is 0 Å². The van der Waals surface area contributed by atoms with Gasteiger partial charge in [-0.1, -0.05) is 0 Å². The van der Waals surface area contributed by atoms with Gasteiger partial charge in [-0.25, -0.2) is 4.98 Å². The molecule has 8 heteroatoms. The average Bonchev–Trinajstić information content (AvgIpc) is 3.02. The Balaban J connectivity index is 1.84. The maximum atomic E-state index is 11.6. The largest absolute Gasteiger partial charge is 0.480 e. The van der Waals surface area contributed by atoms with Gasteiger partial charge in [-0.15, -0.1) is 0 Å². The van der Waals surface area contributed by atoms with Gasteiger partial charge in [0.25, 0.3) is 5.91 Å². The van der Waals surface area contributed by atoms with E-state index in [0.717, 1.165) is 25.1 Å². The molecule has 0 bridgehead atoms. The van der Waals surface area contributed by atoms with Crippen LogP contribution < -0.4 is 10.6 Å². The summed E-state index contributed by atoms with van der Waals surface area (Å²) in [4.78, 5) is 29.0. The lowest BCUT2D eigenvalue weighted by Gasteiger charge is -2.34. The van der Waals surface area contributed by atoms with Crippen molar-refractivity contribution >= 4 is 17.7 Å². The van der Waals surface area contributed by atoms with Crippen LogP contribution in [0.25, 0.3) is 0 Å². The number of carbonyl (C=O) groups excluding carboxylic acids is 1. The monoisotopic (exact) mass is 329 g/mol. The number of rotatable bonds is 5. The molecule has 1 aliphatic rings. The molecule has 3 rings (SSSR count). The van der Waals surface area contributed by atoms with E-state index in [1.54, 1.807) is 24.5 Å². The highest BCUT2D eigenvalue weighted by Gasteiger charge is 2.27. The fourth-order valence-electron chi connectivity index (χ4n) is 3.20. The number of hydrogen-bond donors (Lipinski definition) is 2. The lowest BCUT2D eigenvalue weighted by Crippen LogP contribution is -2.37. The first-order valence-electron chi connectivity index (χ1n) is 7.79. The van der Waals surface area contributed by atoms with Gasteiger partial charge < -0.3 is 15.7 Å². The van der Waals surface area contributed by atoms with Gasteiger partial charge in [0.1, 0.15) is 12.4 Å². The van der Waals surface area contributed by atoms with E-state index in [0.29, 0.717) is 17.9 Å². The van der Waals surface area contributed by atoms with E-state index in [1.807, 2.05) is 11.0 Å². The summed E-state index contributed by atoms with van der Waals surface area (Å²) in [5.74, 6) is -0.716. The Kier molecular flexibility index (Phi) is 4.45. The van der Waals surface area contributed by atoms with Crippen LogP contribution in [-0.4, -0.2) is 44.8 Å². The number of pyridine rings is 1. The molecule has 3 N–H and O–H groups in total. The molecule has 24 heavy (non-hydrogen) atoms. The Bertz CT molecular complexity index is 758. The van der Waals surface area contributed by atoms with Gasteiger partial charge in [0.15, 0.2) is 0 Å². The molecule has 3 heterocycles. The first kappa shape index (κ1) is 16.0. The van der Waals surface area contributed by atoms with Crippen LogP contribution in [0.5, 0.6) is 0 Å². The highest BCUT2D eigenvalue weighted by molar-refractivity contribution is 5.97. The minimum atomic E-state index is -0.923. The van der Waals surface area contributed by atoms with Crippen molar-refractivity contribution < 1.29 is 14.7 Å². The first-order chi connectivity index (χ1) is 11.6. The summed E-state index contributed by atoms with van der Waals surface area (Å²) in [6, 6.07) is 5.21. The molecular weight excluding hydrogens is 310 g/mol. The number of amides is 1. The lowest BCUT2D eigenvalue weighted by atomic mass is 9.94. The standard InChI is InChI=1S/C16H19N5O3/c17-15(24)12-4-1-6-18-16(12)20-8-2-3-11(9-20)13-5-7-19-21(13)10-14(22)23/h1,4-7,11H,2-3,8-10H2,(H2,17,24)(H,22,23)/t11-/m1/s1. The fourth-order valence-corrected chi connectivity index (χ4v) is 3.20. The Hall–Kier alpha value is -2.90. The Morgan fingerprint density at radius 2 is 2.17 bits per heavy atom. The number of aliphatic carboxylic acids is 1. The van der Waals surface area contributed by atoms with Crippen LogP contribution in [0.3, 0.4) is 0 Å². The number of anilines is 1. The molecule has 8 nitrogen and oxygen atoms in total. The van der Waals surface area contributed by atoms with Gasteiger partial charge in [-0.05, 0) is 31.0 Å². The van der Waals surface area contributed by atoms with Crippen molar-refractivity contribution in [1.82, 2.24) is 14.8 Å². The number of carboxylic acids is 1. The van der Waals surface area contributed by atoms with E-state index in [9.17, 15) is 9.59 Å². The van der Waals surface area contributed by atoms with Crippen LogP contribution in [0.4, 0.5) is 5.82 Å². The van der Waals surface area contributed by atoms with Crippen LogP contribution in [0.15, 0.2) is 30.6 Å². The average molecular weight is 329 g/mol. The second kappa shape index (κ2) is 6.69. The van der Waals surface area contributed by atoms with Gasteiger partial charge in [0.05, 0.1) is 5.56 Å². The van der Waals surface area contributed by atoms with Gasteiger partial charge in [0.2, 0.25) is 0 Å². The third-order valence-electron chi connectivity index (χ3n) is 4.23. The van der Waals surface area contributed by atoms with Crippen LogP contribution in [0.1, 0.15) is 34.8 Å². The minimum absolute atomic E-state index is 0.128. The highest BCUT2D eigenvalue weighted by Crippen LogP contribution is 2.30. The normalized spacial score (nSPS) is 17.7. The molecular formula is C16H19N5O3. The van der Waals surface area contributed by atoms with E-state index in [2.05, 4.69) is 10.1 Å². The van der Waals surface area contributed by atoms with E-state index < -0.39 is 11.9 Å². The summed E-state index contributed by atoms with van der Waals surface area (Å²) >= 11 is 0. The second-order valence-electron chi connectivity index (χ2n) is 5.83. The number of carbonyl (C=O) groups is 2. The molecule has 0 aromatic carbocycles. The van der Waals surface area contributed by atoms with Crippen molar-refractivity contribution in [2.75, 3.05) is 18.0 Å². The van der Waals surface area contributed by atoms with Crippen LogP contribution >= 0.6 is 0 Å². The molecule has 0 saturated carbocycles. The van der Waals surface area contributed by atoms with Crippen molar-refractivity contribution in [3.05, 3.63) is 41.9 Å². The first-order valence-corrected chi connectivity index (χ1v) is 7.79. The number of primary amides is 1. The zero-order chi connectivity index (χ0) is 17.1. The third-order valence-corrected chi connectivity index (χ3v) is 4.23. The molecule has 1 saturated heterocycles. The molecule has 0 aliphatic carbocycles. The van der Waals surface area contributed by atoms with Crippen molar-refractivity contribution in [1.29, 1.82) is 0 Å². The summed E-state index contributed by atoms with van der Waals surface area (Å²) in [5.41, 5.74) is 6.73. The predicted molar refractivity (Wildman–Crippen MR) is 86.8 cm³/mol. The maximum absolute atomic E-state index is 11.6. The predicted octanol–water partition coefficient (Wildman–Crippen LogP) is 0.846. The highest BCUT2D eigenvalue weighted by atomic mass is 16.4. The van der Waals surface area contributed by atoms with Crippen molar-refractivity contribution in [2.24, 2.45) is 5.73 Å². The fraction of sp³-hybridized carbons (Fsp3) is 0.375. The Morgan fingerprint density at radius 1 is 1.33 bits per heavy atom. The van der Waals surface area contributed by atoms with E-state index in [4.69, 9.17) is 10.8 Å². The maximum Gasteiger partial charge on any atom is 0.325 e. The number of nitrogens with two attached hydrogens (primary N) is 1. The topological polar surface area (TPSA) is 114 Å². The summed E-state index contributed by atoms with van der Waals surface area (Å²) in [6.45, 7) is 1.26. The molecule has 1 atom stereocenters. The zero-order valence-corrected chi connectivity index (χ0v) is 13.1. The third kappa shape index (κ3) is 3.22. The van der Waals surface area contributed by atoms with Gasteiger partial charge >= 0.3 is 5.97 Å². The Morgan fingerprint density at radius 3 is 2.92 bits per heavy atom. The van der Waals surface area contributed by atoms with Crippen LogP contribution in [0, 0.1) is 0 Å². The molecule has 0 spiro atoms. The Labute approximate surface area is 138 Å². The summed E-state index contributed by atoms with van der Waals surface area (Å²) in [5, 5.41) is 13.1. The molecule has 0 radical (unpaired) electrons. The van der Waals surface area contributed by atoms with Gasteiger partial charge in [0, 0.05) is 37.1 Å². The van der Waals surface area contributed by atoms with E-state index >= 15 is 0 Å². The molecule has 1 aliphatic heterocycles. The number of hydrogen-bond acceptors (Lipinski definition) is 5. The number of aromatic nitrogens is 3. The molecule has 126 valence electrons. The SMILES string of the molecule is NC(=O)c1cccnc1N1CCC[C@@H](c2ccnn2CC(=O)O)C1. The summed E-state index contributed by atoms with van der Waals surface area (Å²) in [7, 11) is 0. The van der Waals surface area contributed by atoms with Gasteiger partial charge in [-0.2, -0.15) is 5.10 Å². The molecule has 0 unspecified atom stereocenters. The molecule has 1 fully saturated rings. The van der Waals surface area contributed by atoms with E-state index in [-0.39, 0.29) is 12.5 Å². The smallest absolute Gasteiger partial charge is 0.325 e. The number of piperidine rings is 1. The van der Waals surface area contributed by atoms with Crippen LogP contribution in [-0.2, 0) is 11.3 Å². The zero-order valence-electron chi connectivity index (χ0n) is 13.1. The van der Waals surface area contributed by atoms with Crippen molar-refractivity contribution in [2.45, 2.75) is 25.3 Å². The summed E-state index contributed by atoms with van der Waals surface area (Å²) in [6.07, 6.45) is 5.10. The molecule has 1 amide bonds. The van der Waals surface area contributed by atoms with Crippen LogP contribution in [0.2, 0.25) is 0 Å². The van der Waals surface area contributed by atoms with Crippen molar-refractivity contribution in [3.63, 3.8) is 0 Å². The minimum Gasteiger partial charge on any atom is -0.480 e. The lowest BCUT2D eigenvalue weighted by molar-refractivity contribution is -0.137. The summed E-state index contributed by atoms with van der Waals surface area (Å²) < 4.78 is 1.52.